The van der Waals surface area contributed by atoms with Crippen molar-refractivity contribution in [3.05, 3.63) is 44.5 Å². The van der Waals surface area contributed by atoms with Crippen LogP contribution < -0.4 is 24.8 Å². The van der Waals surface area contributed by atoms with Crippen molar-refractivity contribution in [3.63, 3.8) is 0 Å². The molecule has 5 heteroatoms. The van der Waals surface area contributed by atoms with Crippen LogP contribution in [0.2, 0.25) is 13.1 Å². The Bertz CT molecular complexity index is 690. The molecule has 2 aliphatic rings. The normalized spacial score (nSPS) is 23.1. The van der Waals surface area contributed by atoms with Crippen molar-refractivity contribution in [1.29, 1.82) is 0 Å². The molecule has 1 nitrogen and oxygen atoms in total. The van der Waals surface area contributed by atoms with E-state index in [0.29, 0.717) is 0 Å². The molecule has 0 bridgehead atoms. The van der Waals surface area contributed by atoms with Crippen molar-refractivity contribution in [3.8, 4) is 0 Å². The molecule has 0 aromatic carbocycles. The molecule has 0 fully saturated rings. The van der Waals surface area contributed by atoms with E-state index >= 15 is 0 Å². The topological polar surface area (TPSA) is 9.23 Å². The van der Waals surface area contributed by atoms with Crippen LogP contribution in [0.25, 0.3) is 0 Å². The van der Waals surface area contributed by atoms with Crippen molar-refractivity contribution in [2.24, 2.45) is 10.8 Å². The van der Waals surface area contributed by atoms with Gasteiger partial charge in [0, 0.05) is 0 Å². The fraction of sp³-hybridized carbons (Fsp3) is 0.652. The SMILES string of the molecule is CCOC1([Si](C)(C)C2=[C]([Ti+2])CC=C2)CC=C(C(C)(C)C)C=C1C(C)(C)C.[Cl-].[Cl-]. The molecule has 0 saturated carbocycles. The van der Waals surface area contributed by atoms with E-state index in [9.17, 15) is 0 Å². The van der Waals surface area contributed by atoms with Crippen LogP contribution in [0.5, 0.6) is 0 Å². The molecule has 0 radical (unpaired) electrons. The van der Waals surface area contributed by atoms with Gasteiger partial charge >= 0.3 is 175 Å². The van der Waals surface area contributed by atoms with Crippen LogP contribution in [0.1, 0.15) is 61.3 Å². The van der Waals surface area contributed by atoms with E-state index in [4.69, 9.17) is 4.74 Å². The Hall–Kier alpha value is 0.431. The Labute approximate surface area is 198 Å². The Morgan fingerprint density at radius 2 is 1.64 bits per heavy atom. The molecular formula is C23H37Cl2OSiTi. The predicted molar refractivity (Wildman–Crippen MR) is 112 cm³/mol. The minimum absolute atomic E-state index is 0. The number of hydrogen-bond acceptors (Lipinski definition) is 1. The molecule has 0 saturated heterocycles. The van der Waals surface area contributed by atoms with Crippen molar-refractivity contribution >= 4 is 8.07 Å². The molecular weight excluding hydrogens is 439 g/mol. The average molecular weight is 476 g/mol. The third-order valence-electron chi connectivity index (χ3n) is 6.02. The van der Waals surface area contributed by atoms with Crippen LogP contribution in [0.4, 0.5) is 0 Å². The van der Waals surface area contributed by atoms with Gasteiger partial charge in [0.15, 0.2) is 0 Å². The number of rotatable bonds is 4. The number of ether oxygens (including phenoxy) is 1. The molecule has 2 rings (SSSR count). The maximum Gasteiger partial charge on any atom is -1.00 e. The fourth-order valence-electron chi connectivity index (χ4n) is 4.50. The van der Waals surface area contributed by atoms with E-state index in [1.165, 1.54) is 11.1 Å². The summed E-state index contributed by atoms with van der Waals surface area (Å²) in [6.45, 7) is 22.0. The molecule has 0 N–H and O–H groups in total. The van der Waals surface area contributed by atoms with Crippen molar-refractivity contribution in [2.75, 3.05) is 6.61 Å². The summed E-state index contributed by atoms with van der Waals surface area (Å²) >= 11 is 2.31. The Balaban J connectivity index is 0.00000364. The van der Waals surface area contributed by atoms with Gasteiger partial charge < -0.3 is 24.8 Å². The van der Waals surface area contributed by atoms with Crippen LogP contribution >= 0.6 is 0 Å². The molecule has 1 unspecified atom stereocenters. The minimum atomic E-state index is -1.91. The molecule has 0 amide bonds. The second-order valence-corrected chi connectivity index (χ2v) is 15.8. The number of allylic oxidation sites excluding steroid dienone is 6. The number of hydrogen-bond donors (Lipinski definition) is 0. The van der Waals surface area contributed by atoms with Crippen LogP contribution in [0.15, 0.2) is 44.5 Å². The summed E-state index contributed by atoms with van der Waals surface area (Å²) in [6, 6.07) is 0. The quantitative estimate of drug-likeness (QED) is 0.543. The fourth-order valence-corrected chi connectivity index (χ4v) is 10.3. The maximum atomic E-state index is 6.78. The van der Waals surface area contributed by atoms with Gasteiger partial charge in [-0.3, -0.25) is 0 Å². The standard InChI is InChI=1S/C23H37OSi.2ClH.Ti/c1-10-24-23(25(8,9)19-13-11-12-14-19)16-15-18(21(2,3)4)17-20(23)22(5,6)7;;;/h11,13,15,17H,10,12,16H2,1-9H3;2*1H;/q;;;+2/p-2. The summed E-state index contributed by atoms with van der Waals surface area (Å²) in [4.78, 5) is 0. The largest absolute Gasteiger partial charge is 1.00 e. The van der Waals surface area contributed by atoms with E-state index in [2.05, 4.69) is 106 Å². The summed E-state index contributed by atoms with van der Waals surface area (Å²) in [5.41, 5.74) is 3.20. The first-order chi connectivity index (χ1) is 11.8. The Morgan fingerprint density at radius 3 is 2.04 bits per heavy atom. The monoisotopic (exact) mass is 475 g/mol. The van der Waals surface area contributed by atoms with Crippen molar-refractivity contribution in [2.45, 2.75) is 79.6 Å². The maximum absolute atomic E-state index is 6.78. The van der Waals surface area contributed by atoms with Gasteiger partial charge in [0.2, 0.25) is 0 Å². The summed E-state index contributed by atoms with van der Waals surface area (Å²) in [5, 5.41) is 1.42. The van der Waals surface area contributed by atoms with Gasteiger partial charge in [-0.15, -0.1) is 0 Å². The minimum Gasteiger partial charge on any atom is -1.00 e. The molecule has 157 valence electrons. The molecule has 1 atom stereocenters. The molecule has 0 heterocycles. The van der Waals surface area contributed by atoms with E-state index in [1.54, 1.807) is 9.07 Å². The molecule has 2 aliphatic carbocycles. The van der Waals surface area contributed by atoms with Crippen LogP contribution in [0.3, 0.4) is 0 Å². The summed E-state index contributed by atoms with van der Waals surface area (Å²) in [5.74, 6) is 0. The van der Waals surface area contributed by atoms with E-state index in [-0.39, 0.29) is 40.9 Å². The predicted octanol–water partition coefficient (Wildman–Crippen LogP) is 0.666. The third kappa shape index (κ3) is 5.18. The average Bonchev–Trinajstić information content (AvgIpc) is 2.92. The first kappa shape index (κ1) is 28.4. The molecule has 0 aromatic heterocycles. The molecule has 0 spiro atoms. The summed E-state index contributed by atoms with van der Waals surface area (Å²) in [6.07, 6.45) is 11.8. The van der Waals surface area contributed by atoms with Crippen molar-refractivity contribution < 1.29 is 50.0 Å². The zero-order chi connectivity index (χ0) is 20.0. The summed E-state index contributed by atoms with van der Waals surface area (Å²) < 4.78 is 8.32. The number of halogens is 2. The van der Waals surface area contributed by atoms with Crippen LogP contribution in [-0.4, -0.2) is 19.9 Å². The van der Waals surface area contributed by atoms with E-state index in [1.807, 2.05) is 0 Å². The van der Waals surface area contributed by atoms with E-state index in [0.717, 1.165) is 19.4 Å². The van der Waals surface area contributed by atoms with Gasteiger partial charge in [0.25, 0.3) is 0 Å². The van der Waals surface area contributed by atoms with Gasteiger partial charge in [0.05, 0.1) is 0 Å². The van der Waals surface area contributed by atoms with Crippen molar-refractivity contribution in [1.82, 2.24) is 0 Å². The Morgan fingerprint density at radius 1 is 1.07 bits per heavy atom. The van der Waals surface area contributed by atoms with Crippen LogP contribution in [-0.2, 0) is 25.2 Å². The zero-order valence-corrected chi connectivity index (χ0v) is 23.2. The second-order valence-electron chi connectivity index (χ2n) is 10.3. The van der Waals surface area contributed by atoms with Gasteiger partial charge in [0.1, 0.15) is 0 Å². The van der Waals surface area contributed by atoms with Gasteiger partial charge in [-0.05, 0) is 0 Å². The third-order valence-corrected chi connectivity index (χ3v) is 11.6. The zero-order valence-electron chi connectivity index (χ0n) is 19.1. The summed E-state index contributed by atoms with van der Waals surface area (Å²) in [7, 11) is -1.91. The first-order valence-corrected chi connectivity index (χ1v) is 13.7. The first-order valence-electron chi connectivity index (χ1n) is 9.96. The second kappa shape index (κ2) is 9.71. The van der Waals surface area contributed by atoms with E-state index < -0.39 is 8.07 Å². The molecule has 28 heavy (non-hydrogen) atoms. The van der Waals surface area contributed by atoms with Crippen LogP contribution in [0, 0.1) is 10.8 Å². The smallest absolute Gasteiger partial charge is 1.00 e. The van der Waals surface area contributed by atoms with Gasteiger partial charge in [-0.1, -0.05) is 0 Å². The Kier molecular flexibility index (Phi) is 9.86. The molecule has 0 aromatic rings. The molecule has 0 aliphatic heterocycles. The van der Waals surface area contributed by atoms with Gasteiger partial charge in [-0.2, -0.15) is 0 Å². The van der Waals surface area contributed by atoms with Gasteiger partial charge in [-0.25, -0.2) is 0 Å².